The molecule has 1 aliphatic rings. The van der Waals surface area contributed by atoms with Gasteiger partial charge in [0, 0.05) is 18.0 Å². The Balaban J connectivity index is 2.32. The van der Waals surface area contributed by atoms with E-state index >= 15 is 0 Å². The van der Waals surface area contributed by atoms with E-state index in [2.05, 4.69) is 28.7 Å². The molecule has 2 nitrogen and oxygen atoms in total. The van der Waals surface area contributed by atoms with Gasteiger partial charge in [0.05, 0.1) is 5.69 Å². The van der Waals surface area contributed by atoms with Crippen molar-refractivity contribution < 1.29 is 0 Å². The topological polar surface area (TPSA) is 27.8 Å². The maximum absolute atomic E-state index is 5.01. The molecule has 0 fully saturated rings. The van der Waals surface area contributed by atoms with Crippen LogP contribution in [0.2, 0.25) is 0 Å². The highest BCUT2D eigenvalue weighted by molar-refractivity contribution is 7.73. The van der Waals surface area contributed by atoms with Crippen LogP contribution in [0.4, 0.5) is 0 Å². The lowest BCUT2D eigenvalue weighted by molar-refractivity contribution is 0.728. The summed E-state index contributed by atoms with van der Waals surface area (Å²) < 4.78 is 0.852. The molecule has 12 heavy (non-hydrogen) atoms. The molecule has 4 heteroatoms. The summed E-state index contributed by atoms with van der Waals surface area (Å²) >= 11 is 6.60. The van der Waals surface area contributed by atoms with Crippen molar-refractivity contribution >= 4 is 29.1 Å². The Kier molecular flexibility index (Phi) is 2.12. The first-order valence-corrected chi connectivity index (χ1v) is 5.17. The van der Waals surface area contributed by atoms with Gasteiger partial charge >= 0.3 is 0 Å². The molecule has 0 amide bonds. The van der Waals surface area contributed by atoms with Crippen molar-refractivity contribution in [3.8, 4) is 0 Å². The molecule has 0 bridgehead atoms. The van der Waals surface area contributed by atoms with Crippen molar-refractivity contribution in [2.45, 2.75) is 13.0 Å². The summed E-state index contributed by atoms with van der Waals surface area (Å²) in [6, 6.07) is 0.488. The van der Waals surface area contributed by atoms with Crippen molar-refractivity contribution in [2.75, 3.05) is 6.54 Å². The molecule has 0 saturated heterocycles. The Morgan fingerprint density at radius 3 is 3.00 bits per heavy atom. The standard InChI is InChI=1S/C8H10N2S2/c1-5-2-6(3-9-5)7-4-12-8(11)10-7/h2,4-5,9H,3H2,1H3,(H,10,11)/t5-/m1/s1. The molecule has 64 valence electrons. The van der Waals surface area contributed by atoms with E-state index in [-0.39, 0.29) is 0 Å². The summed E-state index contributed by atoms with van der Waals surface area (Å²) in [4.78, 5) is 3.16. The normalized spacial score (nSPS) is 22.8. The molecule has 0 radical (unpaired) electrons. The maximum Gasteiger partial charge on any atom is 0.158 e. The number of aromatic nitrogens is 1. The number of hydrogen-bond donors (Lipinski definition) is 2. The summed E-state index contributed by atoms with van der Waals surface area (Å²) in [7, 11) is 0. The van der Waals surface area contributed by atoms with Crippen LogP contribution in [0, 0.1) is 3.95 Å². The lowest BCUT2D eigenvalue weighted by Gasteiger charge is -1.96. The largest absolute Gasteiger partial charge is 0.337 e. The van der Waals surface area contributed by atoms with E-state index < -0.39 is 0 Å². The van der Waals surface area contributed by atoms with E-state index in [1.807, 2.05) is 0 Å². The number of aromatic amines is 1. The highest BCUT2D eigenvalue weighted by atomic mass is 32.1. The van der Waals surface area contributed by atoms with Crippen LogP contribution >= 0.6 is 23.6 Å². The average molecular weight is 198 g/mol. The smallest absolute Gasteiger partial charge is 0.158 e. The predicted molar refractivity (Wildman–Crippen MR) is 54.9 cm³/mol. The zero-order chi connectivity index (χ0) is 8.55. The van der Waals surface area contributed by atoms with Crippen LogP contribution in [-0.4, -0.2) is 17.6 Å². The van der Waals surface area contributed by atoms with Gasteiger partial charge in [-0.05, 0) is 24.7 Å². The molecule has 0 saturated carbocycles. The molecule has 0 unspecified atom stereocenters. The van der Waals surface area contributed by atoms with Gasteiger partial charge in [-0.1, -0.05) is 6.08 Å². The number of H-pyrrole nitrogens is 1. The molecule has 2 heterocycles. The first-order valence-electron chi connectivity index (χ1n) is 3.88. The molecular formula is C8H10N2S2. The van der Waals surface area contributed by atoms with Crippen molar-refractivity contribution in [1.82, 2.24) is 10.3 Å². The van der Waals surface area contributed by atoms with Gasteiger partial charge in [0.1, 0.15) is 0 Å². The SMILES string of the molecule is C[C@@H]1C=C(c2csc(=S)[nH]2)CN1. The Morgan fingerprint density at radius 1 is 1.67 bits per heavy atom. The monoisotopic (exact) mass is 198 g/mol. The molecule has 0 spiro atoms. The fourth-order valence-corrected chi connectivity index (χ4v) is 2.17. The molecule has 2 rings (SSSR count). The summed E-state index contributed by atoms with van der Waals surface area (Å²) in [5.41, 5.74) is 2.50. The molecule has 1 aliphatic heterocycles. The zero-order valence-corrected chi connectivity index (χ0v) is 8.39. The van der Waals surface area contributed by atoms with Crippen LogP contribution in [0.15, 0.2) is 11.5 Å². The fourth-order valence-electron chi connectivity index (χ4n) is 1.31. The van der Waals surface area contributed by atoms with Crippen LogP contribution in [-0.2, 0) is 0 Å². The van der Waals surface area contributed by atoms with Crippen LogP contribution in [0.5, 0.6) is 0 Å². The van der Waals surface area contributed by atoms with Gasteiger partial charge in [-0.3, -0.25) is 0 Å². The Bertz CT molecular complexity index is 361. The zero-order valence-electron chi connectivity index (χ0n) is 6.76. The Labute approximate surface area is 80.3 Å². The van der Waals surface area contributed by atoms with E-state index in [1.165, 1.54) is 11.3 Å². The summed E-state index contributed by atoms with van der Waals surface area (Å²) in [6.07, 6.45) is 2.23. The summed E-state index contributed by atoms with van der Waals surface area (Å²) in [6.45, 7) is 3.09. The molecule has 2 N–H and O–H groups in total. The Hall–Kier alpha value is -0.450. The van der Waals surface area contributed by atoms with E-state index in [9.17, 15) is 0 Å². The van der Waals surface area contributed by atoms with Gasteiger partial charge < -0.3 is 10.3 Å². The lowest BCUT2D eigenvalue weighted by atomic mass is 10.2. The minimum atomic E-state index is 0.488. The van der Waals surface area contributed by atoms with E-state index in [1.54, 1.807) is 11.3 Å². The third kappa shape index (κ3) is 1.50. The summed E-state index contributed by atoms with van der Waals surface area (Å²) in [5, 5.41) is 5.41. The van der Waals surface area contributed by atoms with Gasteiger partial charge in [-0.15, -0.1) is 11.3 Å². The van der Waals surface area contributed by atoms with Crippen molar-refractivity contribution in [3.05, 3.63) is 21.1 Å². The number of rotatable bonds is 1. The lowest BCUT2D eigenvalue weighted by Crippen LogP contribution is -2.17. The van der Waals surface area contributed by atoms with Crippen molar-refractivity contribution in [2.24, 2.45) is 0 Å². The Morgan fingerprint density at radius 2 is 2.50 bits per heavy atom. The van der Waals surface area contributed by atoms with Crippen LogP contribution in [0.25, 0.3) is 5.57 Å². The van der Waals surface area contributed by atoms with Gasteiger partial charge in [-0.2, -0.15) is 0 Å². The van der Waals surface area contributed by atoms with Crippen LogP contribution < -0.4 is 5.32 Å². The number of hydrogen-bond acceptors (Lipinski definition) is 3. The quantitative estimate of drug-likeness (QED) is 0.677. The second-order valence-electron chi connectivity index (χ2n) is 2.92. The van der Waals surface area contributed by atoms with Gasteiger partial charge in [-0.25, -0.2) is 0 Å². The van der Waals surface area contributed by atoms with Gasteiger partial charge in [0.2, 0.25) is 0 Å². The average Bonchev–Trinajstić information content (AvgIpc) is 2.58. The van der Waals surface area contributed by atoms with Crippen LogP contribution in [0.1, 0.15) is 12.6 Å². The molecule has 1 atom stereocenters. The highest BCUT2D eigenvalue weighted by Gasteiger charge is 2.12. The molecule has 1 aromatic rings. The third-order valence-corrected chi connectivity index (χ3v) is 2.99. The number of nitrogens with one attached hydrogen (secondary N) is 2. The highest BCUT2D eigenvalue weighted by Crippen LogP contribution is 2.18. The van der Waals surface area contributed by atoms with Crippen molar-refractivity contribution in [3.63, 3.8) is 0 Å². The van der Waals surface area contributed by atoms with E-state index in [0.717, 1.165) is 10.5 Å². The molecule has 0 aromatic carbocycles. The molecular weight excluding hydrogens is 188 g/mol. The summed E-state index contributed by atoms with van der Waals surface area (Å²) in [5.74, 6) is 0. The van der Waals surface area contributed by atoms with E-state index in [4.69, 9.17) is 12.2 Å². The maximum atomic E-state index is 5.01. The molecule has 1 aromatic heterocycles. The first kappa shape index (κ1) is 8.16. The fraction of sp³-hybridized carbons (Fsp3) is 0.375. The van der Waals surface area contributed by atoms with Gasteiger partial charge in [0.25, 0.3) is 0 Å². The minimum Gasteiger partial charge on any atom is -0.337 e. The first-order chi connectivity index (χ1) is 5.75. The van der Waals surface area contributed by atoms with E-state index in [0.29, 0.717) is 6.04 Å². The second kappa shape index (κ2) is 3.12. The van der Waals surface area contributed by atoms with Crippen LogP contribution in [0.3, 0.4) is 0 Å². The third-order valence-electron chi connectivity index (χ3n) is 1.93. The minimum absolute atomic E-state index is 0.488. The van der Waals surface area contributed by atoms with Crippen molar-refractivity contribution in [1.29, 1.82) is 0 Å². The van der Waals surface area contributed by atoms with Gasteiger partial charge in [0.15, 0.2) is 3.95 Å². The second-order valence-corrected chi connectivity index (χ2v) is 4.47. The number of thiazole rings is 1. The molecule has 0 aliphatic carbocycles. The predicted octanol–water partition coefficient (Wildman–Crippen LogP) is 2.18.